The minimum Gasteiger partial charge on any atom is -0.317 e. The lowest BCUT2D eigenvalue weighted by Gasteiger charge is -2.32. The molecule has 2 aliphatic heterocycles. The number of benzene rings is 1. The van der Waals surface area contributed by atoms with Gasteiger partial charge in [-0.05, 0) is 63.0 Å². The largest absolute Gasteiger partial charge is 0.317 e. The maximum atomic E-state index is 9.12. The van der Waals surface area contributed by atoms with Gasteiger partial charge in [0.2, 0.25) is 0 Å². The Bertz CT molecular complexity index is 830. The molecule has 4 rings (SSSR count). The summed E-state index contributed by atoms with van der Waals surface area (Å²) in [6, 6.07) is 10.2. The Hall–Kier alpha value is -2.23. The van der Waals surface area contributed by atoms with Gasteiger partial charge in [0.05, 0.1) is 18.2 Å². The Morgan fingerprint density at radius 1 is 1.04 bits per heavy atom. The highest BCUT2D eigenvalue weighted by Gasteiger charge is 2.26. The first-order chi connectivity index (χ1) is 13.7. The van der Waals surface area contributed by atoms with E-state index < -0.39 is 0 Å². The summed E-state index contributed by atoms with van der Waals surface area (Å²) in [6.07, 6.45) is 6.31. The minimum atomic E-state index is 0.431. The molecule has 0 aliphatic carbocycles. The summed E-state index contributed by atoms with van der Waals surface area (Å²) >= 11 is 0. The standard InChI is InChI=1S/C22H30N6/c1-26-21(17-27-10-3-2-4-11-27)24-25-22(26)20-9-6-12-28(16-20)15-19-8-5-7-18(13-19)14-23/h5,7-8,13,20H,2-4,6,9-12,15-17H2,1H3. The van der Waals surface area contributed by atoms with Crippen molar-refractivity contribution in [3.63, 3.8) is 0 Å². The molecule has 0 N–H and O–H groups in total. The number of aromatic nitrogens is 3. The van der Waals surface area contributed by atoms with E-state index in [0.29, 0.717) is 5.92 Å². The van der Waals surface area contributed by atoms with Crippen LogP contribution in [0.25, 0.3) is 0 Å². The van der Waals surface area contributed by atoms with Crippen LogP contribution in [0.2, 0.25) is 0 Å². The normalized spacial score (nSPS) is 21.5. The van der Waals surface area contributed by atoms with E-state index in [4.69, 9.17) is 5.26 Å². The number of hydrogen-bond acceptors (Lipinski definition) is 5. The van der Waals surface area contributed by atoms with Gasteiger partial charge < -0.3 is 4.57 Å². The molecule has 3 heterocycles. The first kappa shape index (κ1) is 19.1. The fraction of sp³-hybridized carbons (Fsp3) is 0.591. The SMILES string of the molecule is Cn1c(CN2CCCCC2)nnc1C1CCCN(Cc2cccc(C#N)c2)C1. The van der Waals surface area contributed by atoms with Crippen LogP contribution in [0.5, 0.6) is 0 Å². The van der Waals surface area contributed by atoms with Crippen molar-refractivity contribution in [3.8, 4) is 6.07 Å². The number of nitrogens with zero attached hydrogens (tertiary/aromatic N) is 6. The number of rotatable bonds is 5. The zero-order valence-corrected chi connectivity index (χ0v) is 16.8. The van der Waals surface area contributed by atoms with Crippen LogP contribution in [-0.4, -0.2) is 50.7 Å². The highest BCUT2D eigenvalue weighted by atomic mass is 15.3. The third-order valence-electron chi connectivity index (χ3n) is 6.15. The number of likely N-dealkylation sites (tertiary alicyclic amines) is 2. The van der Waals surface area contributed by atoms with Gasteiger partial charge in [-0.15, -0.1) is 10.2 Å². The van der Waals surface area contributed by atoms with Crippen molar-refractivity contribution in [2.45, 2.75) is 51.1 Å². The van der Waals surface area contributed by atoms with Gasteiger partial charge in [0.25, 0.3) is 0 Å². The quantitative estimate of drug-likeness (QED) is 0.800. The van der Waals surface area contributed by atoms with E-state index in [0.717, 1.165) is 43.4 Å². The zero-order chi connectivity index (χ0) is 19.3. The molecule has 6 nitrogen and oxygen atoms in total. The lowest BCUT2D eigenvalue weighted by Crippen LogP contribution is -2.35. The minimum absolute atomic E-state index is 0.431. The maximum Gasteiger partial charge on any atom is 0.146 e. The molecule has 1 aromatic heterocycles. The maximum absolute atomic E-state index is 9.12. The molecular formula is C22H30N6. The Labute approximate surface area is 167 Å². The Morgan fingerprint density at radius 3 is 2.68 bits per heavy atom. The average molecular weight is 379 g/mol. The Balaban J connectivity index is 1.41. The van der Waals surface area contributed by atoms with Gasteiger partial charge in [0, 0.05) is 26.1 Å². The molecule has 0 amide bonds. The summed E-state index contributed by atoms with van der Waals surface area (Å²) in [5.41, 5.74) is 1.95. The van der Waals surface area contributed by atoms with Crippen molar-refractivity contribution in [2.75, 3.05) is 26.2 Å². The van der Waals surface area contributed by atoms with Crippen LogP contribution in [-0.2, 0) is 20.1 Å². The molecule has 1 atom stereocenters. The molecule has 0 bridgehead atoms. The lowest BCUT2D eigenvalue weighted by atomic mass is 9.96. The van der Waals surface area contributed by atoms with E-state index in [1.807, 2.05) is 18.2 Å². The zero-order valence-electron chi connectivity index (χ0n) is 16.8. The molecule has 148 valence electrons. The molecule has 2 aliphatic rings. The smallest absolute Gasteiger partial charge is 0.146 e. The van der Waals surface area contributed by atoms with Gasteiger partial charge in [0.15, 0.2) is 0 Å². The van der Waals surface area contributed by atoms with Crippen LogP contribution in [0.15, 0.2) is 24.3 Å². The molecule has 0 saturated carbocycles. The lowest BCUT2D eigenvalue weighted by molar-refractivity contribution is 0.194. The van der Waals surface area contributed by atoms with Crippen LogP contribution >= 0.6 is 0 Å². The fourth-order valence-electron chi connectivity index (χ4n) is 4.59. The van der Waals surface area contributed by atoms with Crippen molar-refractivity contribution in [1.82, 2.24) is 24.6 Å². The third kappa shape index (κ3) is 4.43. The van der Waals surface area contributed by atoms with Gasteiger partial charge in [-0.3, -0.25) is 9.80 Å². The van der Waals surface area contributed by atoms with E-state index in [2.05, 4.69) is 43.7 Å². The number of nitriles is 1. The summed E-state index contributed by atoms with van der Waals surface area (Å²) < 4.78 is 2.24. The molecular weight excluding hydrogens is 348 g/mol. The van der Waals surface area contributed by atoms with Crippen molar-refractivity contribution in [2.24, 2.45) is 7.05 Å². The number of hydrogen-bond donors (Lipinski definition) is 0. The van der Waals surface area contributed by atoms with E-state index in [-0.39, 0.29) is 0 Å². The Kier molecular flexibility index (Phi) is 6.04. The topological polar surface area (TPSA) is 61.0 Å². The van der Waals surface area contributed by atoms with Crippen LogP contribution in [0.1, 0.15) is 60.8 Å². The van der Waals surface area contributed by atoms with E-state index in [1.165, 1.54) is 50.8 Å². The second kappa shape index (κ2) is 8.85. The van der Waals surface area contributed by atoms with Gasteiger partial charge in [-0.1, -0.05) is 18.6 Å². The summed E-state index contributed by atoms with van der Waals surface area (Å²) in [6.45, 7) is 6.28. The van der Waals surface area contributed by atoms with Gasteiger partial charge in [0.1, 0.15) is 11.6 Å². The second-order valence-corrected chi connectivity index (χ2v) is 8.26. The first-order valence-electron chi connectivity index (χ1n) is 10.5. The molecule has 1 aromatic carbocycles. The fourth-order valence-corrected chi connectivity index (χ4v) is 4.59. The van der Waals surface area contributed by atoms with Crippen LogP contribution in [0.3, 0.4) is 0 Å². The Morgan fingerprint density at radius 2 is 1.86 bits per heavy atom. The van der Waals surface area contributed by atoms with Gasteiger partial charge in [-0.2, -0.15) is 5.26 Å². The average Bonchev–Trinajstić information content (AvgIpc) is 3.09. The van der Waals surface area contributed by atoms with Crippen LogP contribution in [0, 0.1) is 11.3 Å². The first-order valence-corrected chi connectivity index (χ1v) is 10.5. The molecule has 2 aromatic rings. The van der Waals surface area contributed by atoms with Gasteiger partial charge in [-0.25, -0.2) is 0 Å². The van der Waals surface area contributed by atoms with Crippen LogP contribution < -0.4 is 0 Å². The highest BCUT2D eigenvalue weighted by Crippen LogP contribution is 2.27. The van der Waals surface area contributed by atoms with Crippen molar-refractivity contribution in [3.05, 3.63) is 47.0 Å². The van der Waals surface area contributed by atoms with E-state index in [9.17, 15) is 0 Å². The molecule has 1 unspecified atom stereocenters. The van der Waals surface area contributed by atoms with E-state index in [1.54, 1.807) is 0 Å². The molecule has 0 spiro atoms. The molecule has 28 heavy (non-hydrogen) atoms. The molecule has 6 heteroatoms. The van der Waals surface area contributed by atoms with Gasteiger partial charge >= 0.3 is 0 Å². The second-order valence-electron chi connectivity index (χ2n) is 8.26. The van der Waals surface area contributed by atoms with Crippen LogP contribution in [0.4, 0.5) is 0 Å². The van der Waals surface area contributed by atoms with Crippen molar-refractivity contribution in [1.29, 1.82) is 5.26 Å². The van der Waals surface area contributed by atoms with E-state index >= 15 is 0 Å². The molecule has 2 saturated heterocycles. The monoisotopic (exact) mass is 378 g/mol. The summed E-state index contributed by atoms with van der Waals surface area (Å²) in [7, 11) is 2.13. The third-order valence-corrected chi connectivity index (χ3v) is 6.15. The van der Waals surface area contributed by atoms with Crippen molar-refractivity contribution < 1.29 is 0 Å². The summed E-state index contributed by atoms with van der Waals surface area (Å²) in [5, 5.41) is 18.2. The predicted octanol–water partition coefficient (Wildman–Crippen LogP) is 3.05. The predicted molar refractivity (Wildman–Crippen MR) is 109 cm³/mol. The van der Waals surface area contributed by atoms with Crippen molar-refractivity contribution >= 4 is 0 Å². The molecule has 2 fully saturated rings. The molecule has 0 radical (unpaired) electrons. The number of piperidine rings is 2. The summed E-state index contributed by atoms with van der Waals surface area (Å²) in [5.74, 6) is 2.65. The summed E-state index contributed by atoms with van der Waals surface area (Å²) in [4.78, 5) is 5.00. The highest BCUT2D eigenvalue weighted by molar-refractivity contribution is 5.32.